The number of hydrogen-bond acceptors (Lipinski definition) is 2. The summed E-state index contributed by atoms with van der Waals surface area (Å²) in [4.78, 5) is 24.2. The molecule has 2 aromatic rings. The summed E-state index contributed by atoms with van der Waals surface area (Å²) in [6.45, 7) is 8.69. The molecule has 4 nitrogen and oxygen atoms in total. The van der Waals surface area contributed by atoms with E-state index in [-0.39, 0.29) is 24.7 Å². The van der Waals surface area contributed by atoms with E-state index in [9.17, 15) is 9.59 Å². The summed E-state index contributed by atoms with van der Waals surface area (Å²) in [6.07, 6.45) is 2.48. The number of anilines is 2. The lowest BCUT2D eigenvalue weighted by Crippen LogP contribution is -2.17. The van der Waals surface area contributed by atoms with E-state index >= 15 is 0 Å². The minimum atomic E-state index is -0.154. The van der Waals surface area contributed by atoms with E-state index in [0.717, 1.165) is 24.2 Å². The van der Waals surface area contributed by atoms with E-state index in [1.807, 2.05) is 48.5 Å². The van der Waals surface area contributed by atoms with E-state index in [4.69, 9.17) is 0 Å². The average Bonchev–Trinajstić information content (AvgIpc) is 2.72. The number of carbonyl (C=O) groups excluding carboxylic acids is 2. The Hall–Kier alpha value is -2.62. The number of amides is 2. The topological polar surface area (TPSA) is 58.2 Å². The highest BCUT2D eigenvalue weighted by molar-refractivity contribution is 5.96. The Morgan fingerprint density at radius 1 is 0.679 bits per heavy atom. The average molecular weight is 381 g/mol. The first-order chi connectivity index (χ1) is 13.4. The van der Waals surface area contributed by atoms with Crippen molar-refractivity contribution in [2.45, 2.75) is 65.2 Å². The molecule has 28 heavy (non-hydrogen) atoms. The van der Waals surface area contributed by atoms with Crippen molar-refractivity contribution in [3.05, 3.63) is 59.7 Å². The van der Waals surface area contributed by atoms with Gasteiger partial charge in [0.2, 0.25) is 11.8 Å². The summed E-state index contributed by atoms with van der Waals surface area (Å²) in [5.41, 5.74) is 4.05. The van der Waals surface area contributed by atoms with Crippen LogP contribution in [0.1, 0.15) is 76.3 Å². The SMILES string of the molecule is CC[C@@H](C)c1ccc(NC(=O)CCC(=O)Nc2ccc([C@H](C)CC)cc2)cc1. The van der Waals surface area contributed by atoms with Gasteiger partial charge >= 0.3 is 0 Å². The van der Waals surface area contributed by atoms with E-state index in [1.165, 1.54) is 11.1 Å². The Morgan fingerprint density at radius 3 is 1.29 bits per heavy atom. The molecule has 0 radical (unpaired) electrons. The molecule has 4 heteroatoms. The van der Waals surface area contributed by atoms with Crippen LogP contribution in [0.3, 0.4) is 0 Å². The smallest absolute Gasteiger partial charge is 0.224 e. The van der Waals surface area contributed by atoms with Crippen molar-refractivity contribution in [2.75, 3.05) is 10.6 Å². The molecule has 0 spiro atoms. The van der Waals surface area contributed by atoms with Crippen LogP contribution in [0.4, 0.5) is 11.4 Å². The van der Waals surface area contributed by atoms with Crippen molar-refractivity contribution >= 4 is 23.2 Å². The normalized spacial score (nSPS) is 12.9. The number of rotatable bonds is 9. The van der Waals surface area contributed by atoms with Crippen molar-refractivity contribution in [1.82, 2.24) is 0 Å². The van der Waals surface area contributed by atoms with Gasteiger partial charge in [0, 0.05) is 24.2 Å². The minimum Gasteiger partial charge on any atom is -0.326 e. The number of carbonyl (C=O) groups is 2. The summed E-state index contributed by atoms with van der Waals surface area (Å²) in [6, 6.07) is 15.8. The fraction of sp³-hybridized carbons (Fsp3) is 0.417. The maximum Gasteiger partial charge on any atom is 0.224 e. The first-order valence-corrected chi connectivity index (χ1v) is 10.2. The quantitative estimate of drug-likeness (QED) is 0.554. The fourth-order valence-corrected chi connectivity index (χ4v) is 2.94. The van der Waals surface area contributed by atoms with Crippen LogP contribution in [-0.2, 0) is 9.59 Å². The van der Waals surface area contributed by atoms with E-state index < -0.39 is 0 Å². The van der Waals surface area contributed by atoms with Gasteiger partial charge in [-0.05, 0) is 60.1 Å². The van der Waals surface area contributed by atoms with Crippen molar-refractivity contribution in [2.24, 2.45) is 0 Å². The zero-order valence-corrected chi connectivity index (χ0v) is 17.4. The van der Waals surface area contributed by atoms with E-state index in [1.54, 1.807) is 0 Å². The Bertz CT molecular complexity index is 699. The molecule has 150 valence electrons. The number of benzene rings is 2. The molecule has 0 heterocycles. The van der Waals surface area contributed by atoms with Gasteiger partial charge in [0.05, 0.1) is 0 Å². The third-order valence-corrected chi connectivity index (χ3v) is 5.33. The molecule has 0 aliphatic heterocycles. The second kappa shape index (κ2) is 10.6. The Labute approximate surface area is 168 Å². The highest BCUT2D eigenvalue weighted by Crippen LogP contribution is 2.21. The lowest BCUT2D eigenvalue weighted by Gasteiger charge is -2.11. The lowest BCUT2D eigenvalue weighted by molar-refractivity contribution is -0.121. The molecule has 0 saturated carbocycles. The number of hydrogen-bond donors (Lipinski definition) is 2. The molecule has 0 aromatic heterocycles. The largest absolute Gasteiger partial charge is 0.326 e. The van der Waals surface area contributed by atoms with Gasteiger partial charge in [0.25, 0.3) is 0 Å². The molecule has 2 aromatic carbocycles. The third kappa shape index (κ3) is 6.52. The van der Waals surface area contributed by atoms with Crippen molar-refractivity contribution < 1.29 is 9.59 Å². The maximum atomic E-state index is 12.1. The number of nitrogens with one attached hydrogen (secondary N) is 2. The fourth-order valence-electron chi connectivity index (χ4n) is 2.94. The van der Waals surface area contributed by atoms with Crippen LogP contribution in [0.2, 0.25) is 0 Å². The Kier molecular flexibility index (Phi) is 8.24. The van der Waals surface area contributed by atoms with Gasteiger partial charge in [-0.3, -0.25) is 9.59 Å². The predicted octanol–water partition coefficient (Wildman–Crippen LogP) is 6.07. The molecule has 2 rings (SSSR count). The maximum absolute atomic E-state index is 12.1. The van der Waals surface area contributed by atoms with Crippen molar-refractivity contribution in [3.8, 4) is 0 Å². The van der Waals surface area contributed by atoms with Gasteiger partial charge in [-0.15, -0.1) is 0 Å². The van der Waals surface area contributed by atoms with Crippen LogP contribution in [-0.4, -0.2) is 11.8 Å². The van der Waals surface area contributed by atoms with Crippen LogP contribution in [0.5, 0.6) is 0 Å². The summed E-state index contributed by atoms with van der Waals surface area (Å²) in [5, 5.41) is 5.71. The molecule has 2 amide bonds. The monoisotopic (exact) mass is 380 g/mol. The van der Waals surface area contributed by atoms with Crippen LogP contribution in [0.15, 0.2) is 48.5 Å². The Morgan fingerprint density at radius 2 is 1.00 bits per heavy atom. The molecule has 0 aliphatic rings. The van der Waals surface area contributed by atoms with E-state index in [0.29, 0.717) is 11.8 Å². The van der Waals surface area contributed by atoms with Crippen LogP contribution < -0.4 is 10.6 Å². The minimum absolute atomic E-state index is 0.154. The first kappa shape index (κ1) is 21.7. The van der Waals surface area contributed by atoms with Gasteiger partial charge in [-0.2, -0.15) is 0 Å². The Balaban J connectivity index is 1.78. The highest BCUT2D eigenvalue weighted by Gasteiger charge is 2.09. The van der Waals surface area contributed by atoms with Gasteiger partial charge in [0.15, 0.2) is 0 Å². The van der Waals surface area contributed by atoms with Gasteiger partial charge in [-0.1, -0.05) is 52.0 Å². The third-order valence-electron chi connectivity index (χ3n) is 5.33. The second-order valence-electron chi connectivity index (χ2n) is 7.46. The molecule has 0 bridgehead atoms. The molecule has 0 saturated heterocycles. The molecule has 0 fully saturated rings. The molecular weight excluding hydrogens is 348 g/mol. The zero-order valence-electron chi connectivity index (χ0n) is 17.4. The lowest BCUT2D eigenvalue weighted by atomic mass is 9.98. The van der Waals surface area contributed by atoms with Gasteiger partial charge < -0.3 is 10.6 Å². The molecule has 2 atom stereocenters. The second-order valence-corrected chi connectivity index (χ2v) is 7.46. The zero-order chi connectivity index (χ0) is 20.5. The molecule has 2 N–H and O–H groups in total. The van der Waals surface area contributed by atoms with Crippen LogP contribution >= 0.6 is 0 Å². The first-order valence-electron chi connectivity index (χ1n) is 10.2. The van der Waals surface area contributed by atoms with Gasteiger partial charge in [-0.25, -0.2) is 0 Å². The van der Waals surface area contributed by atoms with Crippen LogP contribution in [0.25, 0.3) is 0 Å². The van der Waals surface area contributed by atoms with Gasteiger partial charge in [0.1, 0.15) is 0 Å². The highest BCUT2D eigenvalue weighted by atomic mass is 16.2. The molecular formula is C24H32N2O2. The molecule has 0 unspecified atom stereocenters. The molecule has 0 aliphatic carbocycles. The van der Waals surface area contributed by atoms with Crippen molar-refractivity contribution in [3.63, 3.8) is 0 Å². The summed E-state index contributed by atoms with van der Waals surface area (Å²) < 4.78 is 0. The summed E-state index contributed by atoms with van der Waals surface area (Å²) in [5.74, 6) is 0.706. The van der Waals surface area contributed by atoms with Crippen molar-refractivity contribution in [1.29, 1.82) is 0 Å². The predicted molar refractivity (Wildman–Crippen MR) is 117 cm³/mol. The summed E-state index contributed by atoms with van der Waals surface area (Å²) >= 11 is 0. The summed E-state index contributed by atoms with van der Waals surface area (Å²) in [7, 11) is 0. The van der Waals surface area contributed by atoms with Crippen LogP contribution in [0, 0.1) is 0 Å². The van der Waals surface area contributed by atoms with E-state index in [2.05, 4.69) is 38.3 Å². The standard InChI is InChI=1S/C24H32N2O2/c1-5-17(3)19-7-11-21(12-8-19)25-23(27)15-16-24(28)26-22-13-9-20(10-14-22)18(4)6-2/h7-14,17-18H,5-6,15-16H2,1-4H3,(H,25,27)(H,26,28)/t17-,18-/m1/s1.